The summed E-state index contributed by atoms with van der Waals surface area (Å²) in [5.41, 5.74) is 5.64. The molecule has 0 radical (unpaired) electrons. The van der Waals surface area contributed by atoms with Crippen molar-refractivity contribution in [3.63, 3.8) is 0 Å². The van der Waals surface area contributed by atoms with Gasteiger partial charge in [0.1, 0.15) is 0 Å². The van der Waals surface area contributed by atoms with Gasteiger partial charge in [0.05, 0.1) is 18.8 Å². The molecular formula is C13H19NO4. The van der Waals surface area contributed by atoms with Crippen LogP contribution in [-0.2, 0) is 4.74 Å². The lowest BCUT2D eigenvalue weighted by atomic mass is 10.1. The van der Waals surface area contributed by atoms with Gasteiger partial charge in [0.2, 0.25) is 0 Å². The number of nitrogens with two attached hydrogens (primary N) is 1. The summed E-state index contributed by atoms with van der Waals surface area (Å²) in [4.78, 5) is 11.3. The number of amides is 1. The second kappa shape index (κ2) is 7.55. The minimum atomic E-state index is -0.529. The molecule has 0 fully saturated rings. The first-order valence-corrected chi connectivity index (χ1v) is 5.88. The summed E-state index contributed by atoms with van der Waals surface area (Å²) in [5.74, 6) is 0.410. The Bertz CT molecular complexity index is 393. The first-order chi connectivity index (χ1) is 8.70. The topological polar surface area (TPSA) is 70.8 Å². The summed E-state index contributed by atoms with van der Waals surface area (Å²) in [5, 5.41) is 0. The van der Waals surface area contributed by atoms with Gasteiger partial charge in [-0.05, 0) is 19.1 Å². The van der Waals surface area contributed by atoms with Crippen LogP contribution in [0.3, 0.4) is 0 Å². The maximum atomic E-state index is 11.3. The van der Waals surface area contributed by atoms with Crippen molar-refractivity contribution in [1.82, 2.24) is 0 Å². The molecule has 0 aliphatic carbocycles. The van der Waals surface area contributed by atoms with Crippen molar-refractivity contribution in [3.05, 3.63) is 23.8 Å². The lowest BCUT2D eigenvalue weighted by Crippen LogP contribution is -2.14. The van der Waals surface area contributed by atoms with Crippen molar-refractivity contribution in [2.75, 3.05) is 26.9 Å². The Labute approximate surface area is 107 Å². The van der Waals surface area contributed by atoms with Crippen LogP contribution in [-0.4, -0.2) is 32.8 Å². The summed E-state index contributed by atoms with van der Waals surface area (Å²) in [7, 11) is 1.63. The van der Waals surface area contributed by atoms with E-state index in [2.05, 4.69) is 0 Å². The van der Waals surface area contributed by atoms with Crippen LogP contribution in [0.1, 0.15) is 23.7 Å². The quantitative estimate of drug-likeness (QED) is 0.714. The van der Waals surface area contributed by atoms with Crippen LogP contribution in [0.2, 0.25) is 0 Å². The Morgan fingerprint density at radius 1 is 1.28 bits per heavy atom. The normalized spacial score (nSPS) is 10.1. The number of hydrogen-bond donors (Lipinski definition) is 1. The molecule has 0 spiro atoms. The summed E-state index contributed by atoms with van der Waals surface area (Å²) in [6.45, 7) is 3.41. The Balaban J connectivity index is 2.85. The number of methoxy groups -OCH3 is 1. The third-order valence-electron chi connectivity index (χ3n) is 2.28. The number of primary amides is 1. The standard InChI is InChI=1S/C13H19NO4/c1-3-17-11-7-4-6-10(13(14)15)12(11)18-9-5-8-16-2/h4,6-7H,3,5,8-9H2,1-2H3,(H2,14,15). The molecule has 0 heterocycles. The fraction of sp³-hybridized carbons (Fsp3) is 0.462. The van der Waals surface area contributed by atoms with Crippen LogP contribution in [0.5, 0.6) is 11.5 Å². The van der Waals surface area contributed by atoms with Crippen molar-refractivity contribution in [1.29, 1.82) is 0 Å². The largest absolute Gasteiger partial charge is 0.490 e. The van der Waals surface area contributed by atoms with E-state index in [9.17, 15) is 4.79 Å². The average Bonchev–Trinajstić information content (AvgIpc) is 2.36. The molecule has 0 aliphatic heterocycles. The molecule has 2 N–H and O–H groups in total. The van der Waals surface area contributed by atoms with E-state index < -0.39 is 5.91 Å². The molecular weight excluding hydrogens is 234 g/mol. The second-order valence-corrected chi connectivity index (χ2v) is 3.62. The molecule has 100 valence electrons. The SMILES string of the molecule is CCOc1cccc(C(N)=O)c1OCCCOC. The molecule has 0 atom stereocenters. The van der Waals surface area contributed by atoms with Gasteiger partial charge in [0.15, 0.2) is 11.5 Å². The zero-order valence-corrected chi connectivity index (χ0v) is 10.8. The van der Waals surface area contributed by atoms with Crippen LogP contribution >= 0.6 is 0 Å². The fourth-order valence-corrected chi connectivity index (χ4v) is 1.51. The van der Waals surface area contributed by atoms with Crippen molar-refractivity contribution < 1.29 is 19.0 Å². The lowest BCUT2D eigenvalue weighted by Gasteiger charge is -2.14. The van der Waals surface area contributed by atoms with E-state index in [1.807, 2.05) is 6.92 Å². The van der Waals surface area contributed by atoms with E-state index in [4.69, 9.17) is 19.9 Å². The fourth-order valence-electron chi connectivity index (χ4n) is 1.51. The van der Waals surface area contributed by atoms with Crippen molar-refractivity contribution in [2.45, 2.75) is 13.3 Å². The number of carbonyl (C=O) groups is 1. The van der Waals surface area contributed by atoms with Gasteiger partial charge >= 0.3 is 0 Å². The summed E-state index contributed by atoms with van der Waals surface area (Å²) < 4.78 is 15.9. The Morgan fingerprint density at radius 3 is 2.67 bits per heavy atom. The van der Waals surface area contributed by atoms with Crippen LogP contribution in [0.25, 0.3) is 0 Å². The minimum absolute atomic E-state index is 0.332. The molecule has 1 aromatic rings. The van der Waals surface area contributed by atoms with Gasteiger partial charge in [0, 0.05) is 20.1 Å². The van der Waals surface area contributed by atoms with Crippen molar-refractivity contribution in [2.24, 2.45) is 5.73 Å². The highest BCUT2D eigenvalue weighted by Gasteiger charge is 2.14. The van der Waals surface area contributed by atoms with Gasteiger partial charge in [-0.1, -0.05) is 6.07 Å². The number of carbonyl (C=O) groups excluding carboxylic acids is 1. The zero-order chi connectivity index (χ0) is 13.4. The van der Waals surface area contributed by atoms with Gasteiger partial charge in [-0.2, -0.15) is 0 Å². The molecule has 18 heavy (non-hydrogen) atoms. The second-order valence-electron chi connectivity index (χ2n) is 3.62. The molecule has 0 saturated carbocycles. The smallest absolute Gasteiger partial charge is 0.252 e. The van der Waals surface area contributed by atoms with E-state index in [-0.39, 0.29) is 0 Å². The molecule has 0 aromatic heterocycles. The highest BCUT2D eigenvalue weighted by molar-refractivity contribution is 5.96. The molecule has 0 bridgehead atoms. The molecule has 1 aromatic carbocycles. The Kier molecular flexibility index (Phi) is 6.00. The first-order valence-electron chi connectivity index (χ1n) is 5.88. The summed E-state index contributed by atoms with van der Waals surface area (Å²) in [6.07, 6.45) is 0.731. The predicted molar refractivity (Wildman–Crippen MR) is 68.1 cm³/mol. The Hall–Kier alpha value is -1.75. The third kappa shape index (κ3) is 3.92. The maximum Gasteiger partial charge on any atom is 0.252 e. The van der Waals surface area contributed by atoms with E-state index in [1.165, 1.54) is 0 Å². The number of ether oxygens (including phenoxy) is 3. The van der Waals surface area contributed by atoms with E-state index in [0.29, 0.717) is 36.9 Å². The monoisotopic (exact) mass is 253 g/mol. The Morgan fingerprint density at radius 2 is 2.06 bits per heavy atom. The van der Waals surface area contributed by atoms with Gasteiger partial charge in [-0.15, -0.1) is 0 Å². The van der Waals surface area contributed by atoms with Gasteiger partial charge in [-0.25, -0.2) is 0 Å². The van der Waals surface area contributed by atoms with E-state index >= 15 is 0 Å². The third-order valence-corrected chi connectivity index (χ3v) is 2.28. The minimum Gasteiger partial charge on any atom is -0.490 e. The average molecular weight is 253 g/mol. The van der Waals surface area contributed by atoms with E-state index in [1.54, 1.807) is 25.3 Å². The summed E-state index contributed by atoms with van der Waals surface area (Å²) in [6, 6.07) is 5.09. The maximum absolute atomic E-state index is 11.3. The molecule has 0 unspecified atom stereocenters. The number of rotatable bonds is 8. The molecule has 0 aliphatic rings. The van der Waals surface area contributed by atoms with Crippen molar-refractivity contribution in [3.8, 4) is 11.5 Å². The highest BCUT2D eigenvalue weighted by atomic mass is 16.5. The van der Waals surface area contributed by atoms with E-state index in [0.717, 1.165) is 6.42 Å². The van der Waals surface area contributed by atoms with Crippen LogP contribution in [0, 0.1) is 0 Å². The zero-order valence-electron chi connectivity index (χ0n) is 10.8. The number of para-hydroxylation sites is 1. The highest BCUT2D eigenvalue weighted by Crippen LogP contribution is 2.31. The van der Waals surface area contributed by atoms with Crippen LogP contribution in [0.15, 0.2) is 18.2 Å². The first kappa shape index (κ1) is 14.3. The van der Waals surface area contributed by atoms with Gasteiger partial charge in [-0.3, -0.25) is 4.79 Å². The molecule has 5 heteroatoms. The molecule has 0 saturated heterocycles. The number of benzene rings is 1. The van der Waals surface area contributed by atoms with Crippen molar-refractivity contribution >= 4 is 5.91 Å². The molecule has 5 nitrogen and oxygen atoms in total. The van der Waals surface area contributed by atoms with Crippen LogP contribution < -0.4 is 15.2 Å². The predicted octanol–water partition coefficient (Wildman–Crippen LogP) is 1.60. The van der Waals surface area contributed by atoms with Crippen LogP contribution in [0.4, 0.5) is 0 Å². The molecule has 1 rings (SSSR count). The van der Waals surface area contributed by atoms with Gasteiger partial charge in [0.25, 0.3) is 5.91 Å². The lowest BCUT2D eigenvalue weighted by molar-refractivity contribution is 0.0994. The summed E-state index contributed by atoms with van der Waals surface area (Å²) >= 11 is 0. The molecule has 1 amide bonds. The van der Waals surface area contributed by atoms with Gasteiger partial charge < -0.3 is 19.9 Å². The number of hydrogen-bond acceptors (Lipinski definition) is 4.